The summed E-state index contributed by atoms with van der Waals surface area (Å²) in [6.07, 6.45) is 5.95. The second-order valence-electron chi connectivity index (χ2n) is 20.2. The summed E-state index contributed by atoms with van der Waals surface area (Å²) < 4.78 is 13.4. The van der Waals surface area contributed by atoms with E-state index < -0.39 is 8.07 Å². The molecule has 0 spiro atoms. The highest BCUT2D eigenvalue weighted by atomic mass is 28.3. The Kier molecular flexibility index (Phi) is 10.1. The summed E-state index contributed by atoms with van der Waals surface area (Å²) in [5, 5.41) is 4.88. The zero-order valence-corrected chi connectivity index (χ0v) is 44.4. The average Bonchev–Trinajstić information content (AvgIpc) is 4.45. The molecule has 0 N–H and O–H groups in total. The fourth-order valence-corrected chi connectivity index (χ4v) is 17.4. The number of allylic oxidation sites excluding steroid dienone is 1. The van der Waals surface area contributed by atoms with E-state index in [0.29, 0.717) is 23.2 Å². The fraction of sp³-hybridized carbons (Fsp3) is 0.0147. The molecule has 9 aromatic carbocycles. The lowest BCUT2D eigenvalue weighted by molar-refractivity contribution is 0.968. The molecule has 16 aromatic rings. The number of hydrogen-bond donors (Lipinski definition) is 0. The van der Waals surface area contributed by atoms with Crippen molar-refractivity contribution in [1.29, 1.82) is 0 Å². The Bertz CT molecular complexity index is 5150. The van der Waals surface area contributed by atoms with E-state index in [9.17, 15) is 0 Å². The van der Waals surface area contributed by atoms with E-state index >= 15 is 0 Å². The zero-order valence-electron chi connectivity index (χ0n) is 43.4. The maximum atomic E-state index is 5.65. The molecule has 0 aliphatic carbocycles. The smallest absolute Gasteiger partial charge is 0.221 e. The van der Waals surface area contributed by atoms with Gasteiger partial charge in [-0.05, 0) is 113 Å². The normalized spacial score (nSPS) is 12.3. The summed E-state index contributed by atoms with van der Waals surface area (Å²) in [6, 6.07) is 84.5. The van der Waals surface area contributed by atoms with Gasteiger partial charge in [-0.15, -0.1) is 0 Å². The Morgan fingerprint density at radius 2 is 0.812 bits per heavy atom. The lowest BCUT2D eigenvalue weighted by atomic mass is 10.2. The molecule has 0 saturated carbocycles. The predicted octanol–water partition coefficient (Wildman–Crippen LogP) is 12.3. The van der Waals surface area contributed by atoms with Crippen LogP contribution in [0.15, 0.2) is 249 Å². The molecular formula is C68H47N11Si. The average molecular weight is 1050 g/mol. The van der Waals surface area contributed by atoms with Gasteiger partial charge in [0.2, 0.25) is 17.3 Å². The minimum Gasteiger partial charge on any atom is -0.278 e. The molecule has 11 nitrogen and oxygen atoms in total. The van der Waals surface area contributed by atoms with Gasteiger partial charge >= 0.3 is 0 Å². The van der Waals surface area contributed by atoms with Crippen molar-refractivity contribution in [3.63, 3.8) is 0 Å². The summed E-state index contributed by atoms with van der Waals surface area (Å²) in [4.78, 5) is 27.2. The molecule has 12 heteroatoms. The van der Waals surface area contributed by atoms with Crippen molar-refractivity contribution >= 4 is 113 Å². The maximum Gasteiger partial charge on any atom is 0.221 e. The minimum atomic E-state index is -3.24. The number of fused-ring (bicyclic) bond motifs is 13. The first-order chi connectivity index (χ1) is 39.6. The molecule has 0 aliphatic rings. The first kappa shape index (κ1) is 45.5. The highest BCUT2D eigenvalue weighted by Gasteiger charge is 2.42. The highest BCUT2D eigenvalue weighted by molar-refractivity contribution is 7.20. The van der Waals surface area contributed by atoms with Gasteiger partial charge in [-0.1, -0.05) is 170 Å². The Labute approximate surface area is 459 Å². The standard InChI is InChI=1S/C68H47N11Si/c1-3-23-54-51(4-2)69-67-75(54)59-38-17-19-40-61(59)78(67)63-44-64(79-62-41-20-18-39-60(62)77-56-35-14-12-33-53(56)71-68(77)79)73-65(72-63)45-24-21-30-49(42-45)80(47-26-7-5-8-27-47,48-28-9-6-10-29-48)50-31-22-25-46(43-50)74-57-36-15-16-37-58(57)76-55-34-13-11-32-52(55)70-66(74)76/h3-44H,2H2,1H3/b23-3-. The first-order valence-corrected chi connectivity index (χ1v) is 28.8. The van der Waals surface area contributed by atoms with Crippen molar-refractivity contribution in [2.75, 3.05) is 0 Å². The van der Waals surface area contributed by atoms with Gasteiger partial charge in [0.1, 0.15) is 11.6 Å². The van der Waals surface area contributed by atoms with E-state index in [2.05, 4.69) is 270 Å². The van der Waals surface area contributed by atoms with Crippen LogP contribution in [-0.4, -0.2) is 59.9 Å². The van der Waals surface area contributed by atoms with Gasteiger partial charge in [-0.25, -0.2) is 24.9 Å². The zero-order chi connectivity index (χ0) is 53.1. The van der Waals surface area contributed by atoms with E-state index in [1.54, 1.807) is 0 Å². The molecule has 0 atom stereocenters. The third-order valence-electron chi connectivity index (χ3n) is 15.9. The minimum absolute atomic E-state index is 0.553. The second-order valence-corrected chi connectivity index (χ2v) is 24.0. The van der Waals surface area contributed by atoms with Gasteiger partial charge in [0, 0.05) is 17.3 Å². The number of nitrogens with zero attached hydrogens (tertiary/aromatic N) is 11. The summed E-state index contributed by atoms with van der Waals surface area (Å²) in [5.41, 5.74) is 13.7. The van der Waals surface area contributed by atoms with Crippen molar-refractivity contribution in [2.45, 2.75) is 6.92 Å². The third kappa shape index (κ3) is 6.50. The molecule has 80 heavy (non-hydrogen) atoms. The molecule has 16 rings (SSSR count). The Balaban J connectivity index is 0.977. The van der Waals surface area contributed by atoms with Crippen molar-refractivity contribution in [2.24, 2.45) is 0 Å². The van der Waals surface area contributed by atoms with Crippen LogP contribution in [0, 0.1) is 0 Å². The number of imidazole rings is 6. The number of benzene rings is 9. The van der Waals surface area contributed by atoms with Crippen molar-refractivity contribution < 1.29 is 0 Å². The van der Waals surface area contributed by atoms with E-state index in [1.165, 1.54) is 20.7 Å². The Hall–Kier alpha value is -10.7. The summed E-state index contributed by atoms with van der Waals surface area (Å²) in [6.45, 7) is 6.22. The fourth-order valence-electron chi connectivity index (χ4n) is 12.6. The lowest BCUT2D eigenvalue weighted by Gasteiger charge is -2.35. The SMILES string of the molecule is C=Cc1nc2n(-c3cc(-n4c5ccccc5n5c6ccccc6nc45)nc(-c4cccc([Si](c5ccccc5)(c5ccccc5)c5cccc(-n6c7ccccc7n7c8ccccc8nc67)c5)c4)n3)c3ccccc3n2c1/C=C\C. The molecule has 0 unspecified atom stereocenters. The molecule has 0 radical (unpaired) electrons. The van der Waals surface area contributed by atoms with Crippen LogP contribution >= 0.6 is 0 Å². The lowest BCUT2D eigenvalue weighted by Crippen LogP contribution is -2.74. The van der Waals surface area contributed by atoms with Crippen LogP contribution in [0.2, 0.25) is 0 Å². The largest absolute Gasteiger partial charge is 0.278 e. The van der Waals surface area contributed by atoms with E-state index in [1.807, 2.05) is 25.1 Å². The Morgan fingerprint density at radius 1 is 0.375 bits per heavy atom. The van der Waals surface area contributed by atoms with Gasteiger partial charge in [-0.2, -0.15) is 0 Å². The number of hydrogen-bond acceptors (Lipinski definition) is 5. The topological polar surface area (TPSA) is 92.5 Å². The number of aromatic nitrogens is 11. The molecule has 0 fully saturated rings. The highest BCUT2D eigenvalue weighted by Crippen LogP contribution is 2.34. The summed E-state index contributed by atoms with van der Waals surface area (Å²) in [5.74, 6) is 4.20. The molecule has 0 bridgehead atoms. The van der Waals surface area contributed by atoms with Crippen LogP contribution in [0.3, 0.4) is 0 Å². The van der Waals surface area contributed by atoms with Crippen molar-refractivity contribution in [1.82, 2.24) is 51.8 Å². The van der Waals surface area contributed by atoms with Gasteiger partial charge in [-0.3, -0.25) is 26.9 Å². The molecule has 0 aliphatic heterocycles. The van der Waals surface area contributed by atoms with Crippen LogP contribution in [0.5, 0.6) is 0 Å². The van der Waals surface area contributed by atoms with Gasteiger partial charge in [0.15, 0.2) is 13.9 Å². The number of rotatable bonds is 10. The van der Waals surface area contributed by atoms with E-state index in [4.69, 9.17) is 24.9 Å². The van der Waals surface area contributed by atoms with Crippen LogP contribution in [0.1, 0.15) is 18.3 Å². The predicted molar refractivity (Wildman–Crippen MR) is 328 cm³/mol. The third-order valence-corrected chi connectivity index (χ3v) is 20.6. The van der Waals surface area contributed by atoms with Crippen LogP contribution < -0.4 is 20.7 Å². The molecule has 7 heterocycles. The van der Waals surface area contributed by atoms with Gasteiger partial charge in [0.25, 0.3) is 0 Å². The summed E-state index contributed by atoms with van der Waals surface area (Å²) >= 11 is 0. The summed E-state index contributed by atoms with van der Waals surface area (Å²) in [7, 11) is -3.24. The van der Waals surface area contributed by atoms with E-state index in [-0.39, 0.29) is 0 Å². The van der Waals surface area contributed by atoms with Crippen LogP contribution in [0.25, 0.3) is 113 Å². The monoisotopic (exact) mass is 1050 g/mol. The van der Waals surface area contributed by atoms with Gasteiger partial charge in [0.05, 0.1) is 66.6 Å². The molecule has 378 valence electrons. The Morgan fingerprint density at radius 3 is 1.36 bits per heavy atom. The quantitative estimate of drug-likeness (QED) is 0.100. The molecular weight excluding hydrogens is 999 g/mol. The van der Waals surface area contributed by atoms with Crippen LogP contribution in [0.4, 0.5) is 0 Å². The number of para-hydroxylation sites is 10. The molecule has 0 saturated heterocycles. The maximum absolute atomic E-state index is 5.65. The van der Waals surface area contributed by atoms with Gasteiger partial charge < -0.3 is 0 Å². The first-order valence-electron chi connectivity index (χ1n) is 26.8. The van der Waals surface area contributed by atoms with Crippen LogP contribution in [-0.2, 0) is 0 Å². The molecule has 7 aromatic heterocycles. The van der Waals surface area contributed by atoms with Crippen molar-refractivity contribution in [3.05, 3.63) is 261 Å². The van der Waals surface area contributed by atoms with E-state index in [0.717, 1.165) is 89.4 Å². The van der Waals surface area contributed by atoms with Crippen molar-refractivity contribution in [3.8, 4) is 28.7 Å². The molecule has 0 amide bonds. The second kappa shape index (κ2) is 17.7.